The Labute approximate surface area is 107 Å². The first-order valence-electron chi connectivity index (χ1n) is 6.48. The highest BCUT2D eigenvalue weighted by atomic mass is 32.1. The van der Waals surface area contributed by atoms with E-state index < -0.39 is 0 Å². The van der Waals surface area contributed by atoms with E-state index in [-0.39, 0.29) is 11.5 Å². The highest BCUT2D eigenvalue weighted by molar-refractivity contribution is 7.07. The summed E-state index contributed by atoms with van der Waals surface area (Å²) in [5.41, 5.74) is 3.09. The average molecular weight is 254 g/mol. The first kappa shape index (κ1) is 13.0. The van der Waals surface area contributed by atoms with Crippen molar-refractivity contribution in [1.29, 1.82) is 0 Å². The lowest BCUT2D eigenvalue weighted by molar-refractivity contribution is 0.0787. The van der Waals surface area contributed by atoms with E-state index >= 15 is 0 Å². The molecule has 1 atom stereocenters. The van der Waals surface area contributed by atoms with E-state index in [1.807, 2.05) is 5.51 Å². The second-order valence-corrected chi connectivity index (χ2v) is 5.95. The predicted octanol–water partition coefficient (Wildman–Crippen LogP) is 2.74. The summed E-state index contributed by atoms with van der Waals surface area (Å²) < 4.78 is 0. The third-order valence-corrected chi connectivity index (χ3v) is 4.53. The first-order valence-corrected chi connectivity index (χ1v) is 7.42. The van der Waals surface area contributed by atoms with Gasteiger partial charge in [0.1, 0.15) is 0 Å². The van der Waals surface area contributed by atoms with Crippen LogP contribution in [0.5, 0.6) is 0 Å². The molecule has 17 heavy (non-hydrogen) atoms. The quantitative estimate of drug-likeness (QED) is 0.849. The second-order valence-electron chi connectivity index (χ2n) is 5.23. The summed E-state index contributed by atoms with van der Waals surface area (Å²) in [6.07, 6.45) is 6.14. The van der Waals surface area contributed by atoms with Gasteiger partial charge in [-0.15, -0.1) is 11.3 Å². The van der Waals surface area contributed by atoms with Crippen molar-refractivity contribution in [3.8, 4) is 0 Å². The van der Waals surface area contributed by atoms with E-state index in [4.69, 9.17) is 0 Å². The molecule has 2 N–H and O–H groups in total. The lowest BCUT2D eigenvalue weighted by Gasteiger charge is -2.36. The van der Waals surface area contributed by atoms with Crippen molar-refractivity contribution < 1.29 is 5.11 Å². The normalized spacial score (nSPS) is 21.3. The summed E-state index contributed by atoms with van der Waals surface area (Å²) >= 11 is 1.63. The Kier molecular flexibility index (Phi) is 4.54. The maximum Gasteiger partial charge on any atom is 0.0795 e. The lowest BCUT2D eigenvalue weighted by atomic mass is 9.74. The van der Waals surface area contributed by atoms with E-state index in [9.17, 15) is 5.11 Å². The Hall–Kier alpha value is -0.450. The standard InChI is InChI=1S/C13H22N2OS/c1-11(12-7-17-10-15-12)14-8-13(9-16)5-3-2-4-6-13/h7,10-11,14,16H,2-6,8-9H2,1H3. The summed E-state index contributed by atoms with van der Waals surface area (Å²) in [4.78, 5) is 4.32. The summed E-state index contributed by atoms with van der Waals surface area (Å²) in [6, 6.07) is 0.284. The highest BCUT2D eigenvalue weighted by Crippen LogP contribution is 2.35. The van der Waals surface area contributed by atoms with Gasteiger partial charge >= 0.3 is 0 Å². The van der Waals surface area contributed by atoms with Crippen molar-refractivity contribution in [3.63, 3.8) is 0 Å². The smallest absolute Gasteiger partial charge is 0.0795 e. The van der Waals surface area contributed by atoms with Crippen LogP contribution in [0.1, 0.15) is 50.8 Å². The molecule has 1 aliphatic carbocycles. The molecule has 3 nitrogen and oxygen atoms in total. The number of rotatable bonds is 5. The zero-order valence-corrected chi connectivity index (χ0v) is 11.3. The minimum Gasteiger partial charge on any atom is -0.396 e. The Balaban J connectivity index is 1.87. The second kappa shape index (κ2) is 5.94. The number of nitrogens with zero attached hydrogens (tertiary/aromatic N) is 1. The lowest BCUT2D eigenvalue weighted by Crippen LogP contribution is -2.40. The number of aliphatic hydroxyl groups excluding tert-OH is 1. The zero-order valence-electron chi connectivity index (χ0n) is 10.5. The van der Waals surface area contributed by atoms with Gasteiger partial charge in [-0.1, -0.05) is 19.3 Å². The first-order chi connectivity index (χ1) is 8.26. The number of hydrogen-bond acceptors (Lipinski definition) is 4. The monoisotopic (exact) mass is 254 g/mol. The van der Waals surface area contributed by atoms with Crippen LogP contribution in [0.25, 0.3) is 0 Å². The molecule has 1 aromatic rings. The van der Waals surface area contributed by atoms with E-state index in [2.05, 4.69) is 22.6 Å². The topological polar surface area (TPSA) is 45.1 Å². The van der Waals surface area contributed by atoms with Gasteiger partial charge in [-0.3, -0.25) is 0 Å². The molecule has 1 aromatic heterocycles. The fourth-order valence-corrected chi connectivity index (χ4v) is 3.25. The summed E-state index contributed by atoms with van der Waals surface area (Å²) in [5.74, 6) is 0. The predicted molar refractivity (Wildman–Crippen MR) is 71.1 cm³/mol. The van der Waals surface area contributed by atoms with Gasteiger partial charge in [-0.25, -0.2) is 4.98 Å². The van der Waals surface area contributed by atoms with Crippen molar-refractivity contribution >= 4 is 11.3 Å². The molecule has 1 heterocycles. The number of nitrogens with one attached hydrogen (secondary N) is 1. The highest BCUT2D eigenvalue weighted by Gasteiger charge is 2.31. The zero-order chi connectivity index (χ0) is 12.1. The maximum absolute atomic E-state index is 9.63. The van der Waals surface area contributed by atoms with Crippen LogP contribution >= 0.6 is 11.3 Å². The molecule has 0 aliphatic heterocycles. The fourth-order valence-electron chi connectivity index (χ4n) is 2.60. The summed E-state index contributed by atoms with van der Waals surface area (Å²) in [6.45, 7) is 3.36. The number of hydrogen-bond donors (Lipinski definition) is 2. The molecule has 0 amide bonds. The van der Waals surface area contributed by atoms with Crippen molar-refractivity contribution in [2.45, 2.75) is 45.1 Å². The van der Waals surface area contributed by atoms with Gasteiger partial charge in [0.15, 0.2) is 0 Å². The Morgan fingerprint density at radius 3 is 2.82 bits per heavy atom. The fraction of sp³-hybridized carbons (Fsp3) is 0.769. The van der Waals surface area contributed by atoms with E-state index in [0.29, 0.717) is 6.61 Å². The number of aromatic nitrogens is 1. The van der Waals surface area contributed by atoms with Crippen LogP contribution in [0.3, 0.4) is 0 Å². The van der Waals surface area contributed by atoms with Gasteiger partial charge in [0.25, 0.3) is 0 Å². The van der Waals surface area contributed by atoms with Crippen LogP contribution in [0.4, 0.5) is 0 Å². The Bertz CT molecular complexity index is 320. The molecule has 1 aliphatic rings. The maximum atomic E-state index is 9.63. The summed E-state index contributed by atoms with van der Waals surface area (Å²) in [5, 5.41) is 15.2. The average Bonchev–Trinajstić information content (AvgIpc) is 2.91. The molecule has 0 bridgehead atoms. The molecule has 96 valence electrons. The van der Waals surface area contributed by atoms with E-state index in [1.54, 1.807) is 11.3 Å². The molecular weight excluding hydrogens is 232 g/mol. The third-order valence-electron chi connectivity index (χ3n) is 3.93. The molecule has 0 spiro atoms. The van der Waals surface area contributed by atoms with Gasteiger partial charge in [0.2, 0.25) is 0 Å². The molecule has 0 saturated heterocycles. The van der Waals surface area contributed by atoms with Crippen LogP contribution in [0, 0.1) is 5.41 Å². The molecule has 2 rings (SSSR count). The van der Waals surface area contributed by atoms with Gasteiger partial charge in [0.05, 0.1) is 11.2 Å². The van der Waals surface area contributed by atoms with Crippen LogP contribution in [-0.4, -0.2) is 23.2 Å². The molecule has 0 radical (unpaired) electrons. The van der Waals surface area contributed by atoms with Gasteiger partial charge in [-0.2, -0.15) is 0 Å². The Morgan fingerprint density at radius 2 is 2.24 bits per heavy atom. The minimum atomic E-state index is 0.114. The molecule has 1 unspecified atom stereocenters. The number of thiazole rings is 1. The van der Waals surface area contributed by atoms with Crippen molar-refractivity contribution in [2.24, 2.45) is 5.41 Å². The SMILES string of the molecule is CC(NCC1(CO)CCCCC1)c1cscn1. The van der Waals surface area contributed by atoms with Crippen molar-refractivity contribution in [1.82, 2.24) is 10.3 Å². The van der Waals surface area contributed by atoms with Crippen molar-refractivity contribution in [2.75, 3.05) is 13.2 Å². The minimum absolute atomic E-state index is 0.114. The van der Waals surface area contributed by atoms with Gasteiger partial charge in [-0.05, 0) is 19.8 Å². The van der Waals surface area contributed by atoms with Gasteiger partial charge in [0, 0.05) is 30.0 Å². The molecule has 1 fully saturated rings. The molecular formula is C13H22N2OS. The van der Waals surface area contributed by atoms with Crippen LogP contribution < -0.4 is 5.32 Å². The van der Waals surface area contributed by atoms with Crippen LogP contribution in [0.15, 0.2) is 10.9 Å². The Morgan fingerprint density at radius 1 is 1.47 bits per heavy atom. The molecule has 4 heteroatoms. The van der Waals surface area contributed by atoms with Crippen molar-refractivity contribution in [3.05, 3.63) is 16.6 Å². The third kappa shape index (κ3) is 3.27. The largest absolute Gasteiger partial charge is 0.396 e. The summed E-state index contributed by atoms with van der Waals surface area (Å²) in [7, 11) is 0. The van der Waals surface area contributed by atoms with Gasteiger partial charge < -0.3 is 10.4 Å². The van der Waals surface area contributed by atoms with E-state index in [0.717, 1.165) is 25.1 Å². The van der Waals surface area contributed by atoms with E-state index in [1.165, 1.54) is 19.3 Å². The van der Waals surface area contributed by atoms with Crippen LogP contribution in [-0.2, 0) is 0 Å². The molecule has 1 saturated carbocycles. The van der Waals surface area contributed by atoms with Crippen LogP contribution in [0.2, 0.25) is 0 Å². The number of aliphatic hydroxyl groups is 1. The molecule has 0 aromatic carbocycles.